The van der Waals surface area contributed by atoms with Crippen LogP contribution in [0.3, 0.4) is 0 Å². The molecule has 8 nitrogen and oxygen atoms in total. The number of aryl methyl sites for hydroxylation is 1. The van der Waals surface area contributed by atoms with Gasteiger partial charge in [-0.05, 0) is 26.0 Å². The van der Waals surface area contributed by atoms with Gasteiger partial charge in [0.05, 0.1) is 29.3 Å². The number of oxazole rings is 1. The number of hydrogen-bond donors (Lipinski definition) is 2. The Morgan fingerprint density at radius 1 is 1.17 bits per heavy atom. The minimum absolute atomic E-state index is 0. The van der Waals surface area contributed by atoms with Crippen LogP contribution in [0.1, 0.15) is 23.7 Å². The summed E-state index contributed by atoms with van der Waals surface area (Å²) in [7, 11) is 0. The van der Waals surface area contributed by atoms with E-state index in [0.29, 0.717) is 30.5 Å². The summed E-state index contributed by atoms with van der Waals surface area (Å²) in [5.41, 5.74) is 3.44. The molecule has 9 heteroatoms. The van der Waals surface area contributed by atoms with Crippen LogP contribution in [0.25, 0.3) is 11.5 Å². The third kappa shape index (κ3) is 6.28. The fourth-order valence-corrected chi connectivity index (χ4v) is 2.72. The van der Waals surface area contributed by atoms with Crippen molar-refractivity contribution < 1.29 is 9.34 Å². The van der Waals surface area contributed by atoms with Crippen LogP contribution in [0.4, 0.5) is 5.69 Å². The lowest BCUT2D eigenvalue weighted by Gasteiger charge is -2.10. The quantitative estimate of drug-likeness (QED) is 0.157. The molecule has 0 aliphatic carbocycles. The molecule has 30 heavy (non-hydrogen) atoms. The highest BCUT2D eigenvalue weighted by Gasteiger charge is 2.12. The third-order valence-electron chi connectivity index (χ3n) is 4.23. The lowest BCUT2D eigenvalue weighted by molar-refractivity contribution is -0.385. The number of halogens is 1. The summed E-state index contributed by atoms with van der Waals surface area (Å²) in [6, 6.07) is 14.6. The van der Waals surface area contributed by atoms with Crippen LogP contribution in [0, 0.1) is 17.0 Å². The van der Waals surface area contributed by atoms with E-state index in [1.165, 1.54) is 11.6 Å². The van der Waals surface area contributed by atoms with E-state index in [-0.39, 0.29) is 36.2 Å². The summed E-state index contributed by atoms with van der Waals surface area (Å²) in [4.78, 5) is 19.7. The first kappa shape index (κ1) is 23.3. The van der Waals surface area contributed by atoms with Gasteiger partial charge in [0.2, 0.25) is 5.89 Å². The van der Waals surface area contributed by atoms with E-state index in [2.05, 4.69) is 20.6 Å². The van der Waals surface area contributed by atoms with Crippen LogP contribution in [0.15, 0.2) is 64.2 Å². The van der Waals surface area contributed by atoms with E-state index in [1.54, 1.807) is 24.5 Å². The van der Waals surface area contributed by atoms with Crippen molar-refractivity contribution in [3.63, 3.8) is 0 Å². The summed E-state index contributed by atoms with van der Waals surface area (Å²) in [6.45, 7) is 5.25. The fourth-order valence-electron chi connectivity index (χ4n) is 2.72. The average molecular weight is 521 g/mol. The Hall–Kier alpha value is -2.95. The zero-order valence-corrected chi connectivity index (χ0v) is 19.1. The highest BCUT2D eigenvalue weighted by molar-refractivity contribution is 14.0. The van der Waals surface area contributed by atoms with Gasteiger partial charge in [0.1, 0.15) is 6.26 Å². The zero-order chi connectivity index (χ0) is 20.6. The zero-order valence-electron chi connectivity index (χ0n) is 16.8. The minimum Gasteiger partial charge on any atom is -0.444 e. The van der Waals surface area contributed by atoms with E-state index < -0.39 is 4.92 Å². The molecule has 1 heterocycles. The molecule has 158 valence electrons. The molecule has 2 aromatic carbocycles. The molecular weight excluding hydrogens is 497 g/mol. The SMILES string of the molecule is CCNC(=NCc1ccccc1[N+](=O)[O-])NCc1coc(-c2ccc(C)cc2)n1.I. The van der Waals surface area contributed by atoms with Gasteiger partial charge >= 0.3 is 0 Å². The van der Waals surface area contributed by atoms with E-state index in [0.717, 1.165) is 11.3 Å². The number of hydrogen-bond acceptors (Lipinski definition) is 5. The number of nitrogens with one attached hydrogen (secondary N) is 2. The highest BCUT2D eigenvalue weighted by Crippen LogP contribution is 2.19. The van der Waals surface area contributed by atoms with E-state index in [4.69, 9.17) is 4.42 Å². The van der Waals surface area contributed by atoms with Crippen molar-refractivity contribution in [2.45, 2.75) is 26.9 Å². The molecule has 0 amide bonds. The molecule has 0 aliphatic rings. The summed E-state index contributed by atoms with van der Waals surface area (Å²) in [5.74, 6) is 1.11. The van der Waals surface area contributed by atoms with Gasteiger partial charge in [-0.15, -0.1) is 24.0 Å². The predicted octanol–water partition coefficient (Wildman–Crippen LogP) is 4.43. The number of nitro groups is 1. The Morgan fingerprint density at radius 2 is 1.90 bits per heavy atom. The molecule has 0 atom stereocenters. The maximum absolute atomic E-state index is 11.1. The van der Waals surface area contributed by atoms with Crippen LogP contribution < -0.4 is 10.6 Å². The fraction of sp³-hybridized carbons (Fsp3) is 0.238. The van der Waals surface area contributed by atoms with Gasteiger partial charge in [0.15, 0.2) is 5.96 Å². The topological polar surface area (TPSA) is 106 Å². The molecule has 0 bridgehead atoms. The van der Waals surface area contributed by atoms with E-state index in [1.807, 2.05) is 38.1 Å². The first-order valence-electron chi connectivity index (χ1n) is 9.32. The standard InChI is InChI=1S/C21H23N5O3.HI/c1-3-22-21(23-12-17-6-4-5-7-19(17)26(27)28)24-13-18-14-29-20(25-18)16-10-8-15(2)9-11-16;/h4-11,14H,3,12-13H2,1-2H3,(H2,22,23,24);1H. The Bertz CT molecular complexity index is 1000. The molecule has 0 saturated carbocycles. The van der Waals surface area contributed by atoms with Gasteiger partial charge in [-0.3, -0.25) is 10.1 Å². The van der Waals surface area contributed by atoms with Crippen LogP contribution in [-0.2, 0) is 13.1 Å². The lowest BCUT2D eigenvalue weighted by atomic mass is 10.1. The summed E-state index contributed by atoms with van der Waals surface area (Å²) in [6.07, 6.45) is 1.60. The van der Waals surface area contributed by atoms with Gasteiger partial charge < -0.3 is 15.1 Å². The third-order valence-corrected chi connectivity index (χ3v) is 4.23. The number of rotatable bonds is 7. The van der Waals surface area contributed by atoms with Crippen molar-refractivity contribution in [3.8, 4) is 11.5 Å². The summed E-state index contributed by atoms with van der Waals surface area (Å²) >= 11 is 0. The maximum atomic E-state index is 11.1. The second-order valence-corrected chi connectivity index (χ2v) is 6.44. The Balaban J connectivity index is 0.00000320. The molecular formula is C21H24IN5O3. The first-order chi connectivity index (χ1) is 14.1. The summed E-state index contributed by atoms with van der Waals surface area (Å²) < 4.78 is 5.57. The van der Waals surface area contributed by atoms with Crippen molar-refractivity contribution >= 4 is 35.6 Å². The Morgan fingerprint density at radius 3 is 2.60 bits per heavy atom. The number of para-hydroxylation sites is 1. The average Bonchev–Trinajstić information content (AvgIpc) is 3.20. The van der Waals surface area contributed by atoms with Gasteiger partial charge in [-0.2, -0.15) is 0 Å². The monoisotopic (exact) mass is 521 g/mol. The van der Waals surface area contributed by atoms with Crippen molar-refractivity contribution in [1.82, 2.24) is 15.6 Å². The van der Waals surface area contributed by atoms with Crippen molar-refractivity contribution in [3.05, 3.63) is 81.7 Å². The number of aromatic nitrogens is 1. The molecule has 0 radical (unpaired) electrons. The number of nitro benzene ring substituents is 1. The van der Waals surface area contributed by atoms with Crippen LogP contribution in [0.2, 0.25) is 0 Å². The predicted molar refractivity (Wildman–Crippen MR) is 127 cm³/mol. The number of aliphatic imine (C=N–C) groups is 1. The molecule has 0 unspecified atom stereocenters. The van der Waals surface area contributed by atoms with E-state index in [9.17, 15) is 10.1 Å². The Labute approximate surface area is 192 Å². The first-order valence-corrected chi connectivity index (χ1v) is 9.32. The van der Waals surface area contributed by atoms with Crippen LogP contribution in [0.5, 0.6) is 0 Å². The molecule has 0 fully saturated rings. The van der Waals surface area contributed by atoms with Gasteiger partial charge in [-0.25, -0.2) is 9.98 Å². The van der Waals surface area contributed by atoms with Gasteiger partial charge in [0.25, 0.3) is 5.69 Å². The summed E-state index contributed by atoms with van der Waals surface area (Å²) in [5, 5.41) is 17.5. The molecule has 2 N–H and O–H groups in total. The molecule has 3 rings (SSSR count). The maximum Gasteiger partial charge on any atom is 0.274 e. The van der Waals surface area contributed by atoms with Crippen LogP contribution in [-0.4, -0.2) is 22.4 Å². The number of benzene rings is 2. The van der Waals surface area contributed by atoms with Gasteiger partial charge in [-0.1, -0.05) is 35.9 Å². The molecule has 0 spiro atoms. The number of guanidine groups is 1. The van der Waals surface area contributed by atoms with Crippen molar-refractivity contribution in [2.75, 3.05) is 6.54 Å². The van der Waals surface area contributed by atoms with E-state index >= 15 is 0 Å². The molecule has 1 aromatic heterocycles. The molecule has 0 aliphatic heterocycles. The largest absolute Gasteiger partial charge is 0.444 e. The smallest absolute Gasteiger partial charge is 0.274 e. The Kier molecular flexibility index (Phi) is 8.78. The second-order valence-electron chi connectivity index (χ2n) is 6.44. The normalized spacial score (nSPS) is 10.9. The second kappa shape index (κ2) is 11.3. The van der Waals surface area contributed by atoms with Crippen molar-refractivity contribution in [1.29, 1.82) is 0 Å². The van der Waals surface area contributed by atoms with Gasteiger partial charge in [0, 0.05) is 18.2 Å². The number of nitrogens with zero attached hydrogens (tertiary/aromatic N) is 3. The molecule has 3 aromatic rings. The van der Waals surface area contributed by atoms with Crippen LogP contribution >= 0.6 is 24.0 Å². The highest BCUT2D eigenvalue weighted by atomic mass is 127. The van der Waals surface area contributed by atoms with Crippen molar-refractivity contribution in [2.24, 2.45) is 4.99 Å². The lowest BCUT2D eigenvalue weighted by Crippen LogP contribution is -2.36. The minimum atomic E-state index is -0.396. The molecule has 0 saturated heterocycles.